The van der Waals surface area contributed by atoms with E-state index in [9.17, 15) is 0 Å². The topological polar surface area (TPSA) is 29.9 Å². The van der Waals surface area contributed by atoms with E-state index >= 15 is 0 Å². The van der Waals surface area contributed by atoms with Crippen molar-refractivity contribution in [1.82, 2.24) is 14.9 Å². The summed E-state index contributed by atoms with van der Waals surface area (Å²) in [6.07, 6.45) is 1.94. The third kappa shape index (κ3) is 1.86. The van der Waals surface area contributed by atoms with Crippen molar-refractivity contribution in [2.24, 2.45) is 7.05 Å². The lowest BCUT2D eigenvalue weighted by atomic mass is 10.1. The number of nitrogens with zero attached hydrogens (tertiary/aromatic N) is 2. The first-order valence-corrected chi connectivity index (χ1v) is 5.45. The van der Waals surface area contributed by atoms with Gasteiger partial charge in [-0.2, -0.15) is 0 Å². The lowest BCUT2D eigenvalue weighted by Gasteiger charge is -2.08. The van der Waals surface area contributed by atoms with E-state index in [1.54, 1.807) is 0 Å². The Morgan fingerprint density at radius 1 is 1.31 bits per heavy atom. The lowest BCUT2D eigenvalue weighted by molar-refractivity contribution is 0.712. The summed E-state index contributed by atoms with van der Waals surface area (Å²) in [5.74, 6) is 1.06. The van der Waals surface area contributed by atoms with E-state index in [1.165, 1.54) is 16.8 Å². The van der Waals surface area contributed by atoms with Crippen LogP contribution in [0.1, 0.15) is 11.4 Å². The molecule has 0 amide bonds. The molecular formula is C13H17N3. The van der Waals surface area contributed by atoms with E-state index in [2.05, 4.69) is 53.1 Å². The molecule has 3 heteroatoms. The quantitative estimate of drug-likeness (QED) is 0.850. The second kappa shape index (κ2) is 4.49. The first-order valence-electron chi connectivity index (χ1n) is 5.45. The Morgan fingerprint density at radius 3 is 2.75 bits per heavy atom. The standard InChI is InChI=1S/C13H17N3/c1-10-6-4-5-7-11(10)12-8-15-13(9-14-2)16(12)3/h4-8,14H,9H2,1-3H3. The highest BCUT2D eigenvalue weighted by Crippen LogP contribution is 2.23. The highest BCUT2D eigenvalue weighted by molar-refractivity contribution is 5.63. The van der Waals surface area contributed by atoms with E-state index in [0.717, 1.165) is 12.4 Å². The molecule has 0 unspecified atom stereocenters. The van der Waals surface area contributed by atoms with Crippen molar-refractivity contribution < 1.29 is 0 Å². The van der Waals surface area contributed by atoms with Gasteiger partial charge in [0.05, 0.1) is 18.4 Å². The Hall–Kier alpha value is -1.61. The fourth-order valence-corrected chi connectivity index (χ4v) is 1.88. The summed E-state index contributed by atoms with van der Waals surface area (Å²) in [6, 6.07) is 8.38. The smallest absolute Gasteiger partial charge is 0.122 e. The van der Waals surface area contributed by atoms with E-state index in [0.29, 0.717) is 0 Å². The van der Waals surface area contributed by atoms with Crippen LogP contribution < -0.4 is 5.32 Å². The van der Waals surface area contributed by atoms with Crippen LogP contribution in [0, 0.1) is 6.92 Å². The number of imidazole rings is 1. The van der Waals surface area contributed by atoms with Crippen LogP contribution in [0.25, 0.3) is 11.3 Å². The molecule has 1 N–H and O–H groups in total. The Labute approximate surface area is 96.1 Å². The van der Waals surface area contributed by atoms with Crippen LogP contribution in [0.3, 0.4) is 0 Å². The van der Waals surface area contributed by atoms with Gasteiger partial charge < -0.3 is 9.88 Å². The number of hydrogen-bond donors (Lipinski definition) is 1. The van der Waals surface area contributed by atoms with Crippen LogP contribution in [0.2, 0.25) is 0 Å². The molecule has 0 radical (unpaired) electrons. The molecule has 84 valence electrons. The molecule has 2 rings (SSSR count). The van der Waals surface area contributed by atoms with E-state index in [1.807, 2.05) is 13.2 Å². The number of rotatable bonds is 3. The predicted molar refractivity (Wildman–Crippen MR) is 66.1 cm³/mol. The Bertz CT molecular complexity index is 486. The highest BCUT2D eigenvalue weighted by atomic mass is 15.1. The van der Waals surface area contributed by atoms with Crippen molar-refractivity contribution in [1.29, 1.82) is 0 Å². The fourth-order valence-electron chi connectivity index (χ4n) is 1.88. The van der Waals surface area contributed by atoms with Gasteiger partial charge in [0.1, 0.15) is 5.82 Å². The highest BCUT2D eigenvalue weighted by Gasteiger charge is 2.08. The van der Waals surface area contributed by atoms with E-state index in [-0.39, 0.29) is 0 Å². The number of hydrogen-bond acceptors (Lipinski definition) is 2. The molecule has 0 fully saturated rings. The molecule has 2 aromatic rings. The SMILES string of the molecule is CNCc1ncc(-c2ccccc2C)n1C. The Morgan fingerprint density at radius 2 is 2.06 bits per heavy atom. The summed E-state index contributed by atoms with van der Waals surface area (Å²) >= 11 is 0. The van der Waals surface area contributed by atoms with Crippen LogP contribution in [-0.4, -0.2) is 16.6 Å². The van der Waals surface area contributed by atoms with Crippen molar-refractivity contribution >= 4 is 0 Å². The molecule has 1 heterocycles. The average Bonchev–Trinajstić information content (AvgIpc) is 2.62. The Balaban J connectivity index is 2.45. The zero-order chi connectivity index (χ0) is 11.5. The van der Waals surface area contributed by atoms with Gasteiger partial charge in [-0.1, -0.05) is 24.3 Å². The van der Waals surface area contributed by atoms with Gasteiger partial charge in [-0.15, -0.1) is 0 Å². The van der Waals surface area contributed by atoms with Crippen LogP contribution in [0.5, 0.6) is 0 Å². The van der Waals surface area contributed by atoms with Crippen molar-refractivity contribution in [3.63, 3.8) is 0 Å². The summed E-state index contributed by atoms with van der Waals surface area (Å²) in [4.78, 5) is 4.42. The molecule has 0 bridgehead atoms. The fraction of sp³-hybridized carbons (Fsp3) is 0.308. The molecule has 0 saturated carbocycles. The minimum Gasteiger partial charge on any atom is -0.330 e. The molecule has 0 spiro atoms. The summed E-state index contributed by atoms with van der Waals surface area (Å²) in [5.41, 5.74) is 3.70. The van der Waals surface area contributed by atoms with Gasteiger partial charge >= 0.3 is 0 Å². The molecule has 1 aromatic carbocycles. The Kier molecular flexibility index (Phi) is 3.06. The van der Waals surface area contributed by atoms with Gasteiger partial charge in [0.15, 0.2) is 0 Å². The van der Waals surface area contributed by atoms with Crippen LogP contribution >= 0.6 is 0 Å². The van der Waals surface area contributed by atoms with E-state index < -0.39 is 0 Å². The van der Waals surface area contributed by atoms with Gasteiger partial charge in [0.25, 0.3) is 0 Å². The molecule has 0 aliphatic rings. The zero-order valence-corrected chi connectivity index (χ0v) is 9.99. The third-order valence-electron chi connectivity index (χ3n) is 2.84. The molecule has 0 saturated heterocycles. The molecule has 0 atom stereocenters. The maximum atomic E-state index is 4.42. The number of aryl methyl sites for hydroxylation is 1. The van der Waals surface area contributed by atoms with Crippen molar-refractivity contribution in [2.75, 3.05) is 7.05 Å². The third-order valence-corrected chi connectivity index (χ3v) is 2.84. The number of aromatic nitrogens is 2. The molecular weight excluding hydrogens is 198 g/mol. The summed E-state index contributed by atoms with van der Waals surface area (Å²) < 4.78 is 2.14. The van der Waals surface area contributed by atoms with Crippen molar-refractivity contribution in [2.45, 2.75) is 13.5 Å². The van der Waals surface area contributed by atoms with Crippen LogP contribution in [0.15, 0.2) is 30.5 Å². The monoisotopic (exact) mass is 215 g/mol. The summed E-state index contributed by atoms with van der Waals surface area (Å²) in [6.45, 7) is 2.92. The maximum Gasteiger partial charge on any atom is 0.122 e. The van der Waals surface area contributed by atoms with Crippen molar-refractivity contribution in [3.8, 4) is 11.3 Å². The van der Waals surface area contributed by atoms with Crippen LogP contribution in [0.4, 0.5) is 0 Å². The molecule has 16 heavy (non-hydrogen) atoms. The second-order valence-corrected chi connectivity index (χ2v) is 3.96. The largest absolute Gasteiger partial charge is 0.330 e. The van der Waals surface area contributed by atoms with Gasteiger partial charge in [0.2, 0.25) is 0 Å². The normalized spacial score (nSPS) is 10.7. The molecule has 0 aliphatic heterocycles. The lowest BCUT2D eigenvalue weighted by Crippen LogP contribution is -2.10. The number of nitrogens with one attached hydrogen (secondary N) is 1. The van der Waals surface area contributed by atoms with E-state index in [4.69, 9.17) is 0 Å². The summed E-state index contributed by atoms with van der Waals surface area (Å²) in [7, 11) is 3.99. The van der Waals surface area contributed by atoms with Gasteiger partial charge in [0, 0.05) is 12.6 Å². The molecule has 1 aromatic heterocycles. The van der Waals surface area contributed by atoms with Crippen molar-refractivity contribution in [3.05, 3.63) is 41.9 Å². The minimum atomic E-state index is 0.794. The van der Waals surface area contributed by atoms with Gasteiger partial charge in [-0.3, -0.25) is 0 Å². The minimum absolute atomic E-state index is 0.794. The second-order valence-electron chi connectivity index (χ2n) is 3.96. The first kappa shape index (κ1) is 10.9. The maximum absolute atomic E-state index is 4.42. The summed E-state index contributed by atoms with van der Waals surface area (Å²) in [5, 5.41) is 3.12. The van der Waals surface area contributed by atoms with Gasteiger partial charge in [-0.25, -0.2) is 4.98 Å². The predicted octanol–water partition coefficient (Wildman–Crippen LogP) is 2.11. The molecule has 3 nitrogen and oxygen atoms in total. The first-order chi connectivity index (χ1) is 7.74. The van der Waals surface area contributed by atoms with Crippen LogP contribution in [-0.2, 0) is 13.6 Å². The van der Waals surface area contributed by atoms with Gasteiger partial charge in [-0.05, 0) is 19.5 Å². The number of benzene rings is 1. The molecule has 0 aliphatic carbocycles. The average molecular weight is 215 g/mol. The zero-order valence-electron chi connectivity index (χ0n) is 9.99.